The second kappa shape index (κ2) is 4.77. The van der Waals surface area contributed by atoms with Gasteiger partial charge in [0, 0.05) is 6.54 Å². The Morgan fingerprint density at radius 3 is 2.80 bits per heavy atom. The van der Waals surface area contributed by atoms with Gasteiger partial charge >= 0.3 is 0 Å². The highest BCUT2D eigenvalue weighted by Crippen LogP contribution is 2.46. The molecule has 0 amide bonds. The van der Waals surface area contributed by atoms with Gasteiger partial charge in [-0.3, -0.25) is 0 Å². The molecule has 1 aromatic carbocycles. The van der Waals surface area contributed by atoms with Crippen molar-refractivity contribution < 1.29 is 5.11 Å². The molecule has 82 valence electrons. The summed E-state index contributed by atoms with van der Waals surface area (Å²) < 4.78 is 0. The molecule has 1 aromatic rings. The van der Waals surface area contributed by atoms with E-state index in [-0.39, 0.29) is 6.10 Å². The van der Waals surface area contributed by atoms with Gasteiger partial charge in [-0.1, -0.05) is 30.3 Å². The first-order valence-electron chi connectivity index (χ1n) is 5.71. The van der Waals surface area contributed by atoms with Crippen LogP contribution in [0.15, 0.2) is 30.3 Å². The zero-order chi connectivity index (χ0) is 10.7. The van der Waals surface area contributed by atoms with Crippen LogP contribution in [0.1, 0.15) is 24.8 Å². The molecule has 3 atom stereocenters. The molecule has 1 aliphatic carbocycles. The van der Waals surface area contributed by atoms with E-state index in [0.717, 1.165) is 18.4 Å². The summed E-state index contributed by atoms with van der Waals surface area (Å²) in [6, 6.07) is 10.7. The van der Waals surface area contributed by atoms with E-state index in [9.17, 15) is 0 Å². The summed E-state index contributed by atoms with van der Waals surface area (Å²) in [5, 5.41) is 12.4. The molecule has 0 saturated heterocycles. The largest absolute Gasteiger partial charge is 0.392 e. The van der Waals surface area contributed by atoms with Crippen LogP contribution in [0.25, 0.3) is 0 Å². The quantitative estimate of drug-likeness (QED) is 0.767. The molecule has 0 aliphatic heterocycles. The van der Waals surface area contributed by atoms with Gasteiger partial charge in [-0.05, 0) is 37.3 Å². The van der Waals surface area contributed by atoms with Gasteiger partial charge in [0.05, 0.1) is 6.10 Å². The van der Waals surface area contributed by atoms with Crippen LogP contribution >= 0.6 is 0 Å². The summed E-state index contributed by atoms with van der Waals surface area (Å²) in [5.41, 5.74) is 1.46. The molecule has 15 heavy (non-hydrogen) atoms. The summed E-state index contributed by atoms with van der Waals surface area (Å²) in [6.07, 6.45) is 1.05. The first kappa shape index (κ1) is 10.7. The van der Waals surface area contributed by atoms with Crippen molar-refractivity contribution >= 4 is 0 Å². The van der Waals surface area contributed by atoms with Gasteiger partial charge < -0.3 is 10.4 Å². The van der Waals surface area contributed by atoms with E-state index >= 15 is 0 Å². The number of nitrogens with one attached hydrogen (secondary N) is 1. The molecule has 2 nitrogen and oxygen atoms in total. The van der Waals surface area contributed by atoms with E-state index in [0.29, 0.717) is 6.54 Å². The molecule has 1 aliphatic rings. The van der Waals surface area contributed by atoms with Gasteiger partial charge in [0.25, 0.3) is 0 Å². The number of aliphatic hydroxyl groups is 1. The Hall–Kier alpha value is -0.860. The van der Waals surface area contributed by atoms with E-state index < -0.39 is 0 Å². The van der Waals surface area contributed by atoms with Crippen LogP contribution in [0, 0.1) is 5.92 Å². The first-order chi connectivity index (χ1) is 7.27. The molecule has 2 unspecified atom stereocenters. The lowest BCUT2D eigenvalue weighted by Gasteiger charge is -2.06. The lowest BCUT2D eigenvalue weighted by molar-refractivity contribution is 0.191. The predicted molar refractivity (Wildman–Crippen MR) is 61.8 cm³/mol. The van der Waals surface area contributed by atoms with E-state index in [1.807, 2.05) is 6.92 Å². The third-order valence-electron chi connectivity index (χ3n) is 3.00. The average molecular weight is 205 g/mol. The number of rotatable bonds is 5. The molecule has 0 bridgehead atoms. The highest BCUT2D eigenvalue weighted by molar-refractivity contribution is 5.25. The Bertz CT molecular complexity index is 297. The van der Waals surface area contributed by atoms with Gasteiger partial charge in [-0.2, -0.15) is 0 Å². The fourth-order valence-corrected chi connectivity index (χ4v) is 2.06. The molecule has 0 heterocycles. The summed E-state index contributed by atoms with van der Waals surface area (Å²) in [6.45, 7) is 3.55. The van der Waals surface area contributed by atoms with Crippen molar-refractivity contribution in [2.45, 2.75) is 25.4 Å². The van der Waals surface area contributed by atoms with Crippen molar-refractivity contribution in [2.24, 2.45) is 5.92 Å². The van der Waals surface area contributed by atoms with Gasteiger partial charge in [-0.25, -0.2) is 0 Å². The van der Waals surface area contributed by atoms with Crippen LogP contribution in [0.4, 0.5) is 0 Å². The van der Waals surface area contributed by atoms with Gasteiger partial charge in [0.1, 0.15) is 0 Å². The Balaban J connectivity index is 1.72. The summed E-state index contributed by atoms with van der Waals surface area (Å²) >= 11 is 0. The zero-order valence-corrected chi connectivity index (χ0v) is 9.19. The smallest absolute Gasteiger partial charge is 0.0636 e. The fourth-order valence-electron chi connectivity index (χ4n) is 2.06. The number of hydrogen-bond acceptors (Lipinski definition) is 2. The molecule has 1 fully saturated rings. The molecular formula is C13H19NO. The van der Waals surface area contributed by atoms with Gasteiger partial charge in [0.2, 0.25) is 0 Å². The van der Waals surface area contributed by atoms with Gasteiger partial charge in [0.15, 0.2) is 0 Å². The van der Waals surface area contributed by atoms with Crippen LogP contribution in [0.5, 0.6) is 0 Å². The average Bonchev–Trinajstić information content (AvgIpc) is 2.98. The van der Waals surface area contributed by atoms with E-state index in [2.05, 4.69) is 35.6 Å². The summed E-state index contributed by atoms with van der Waals surface area (Å²) in [5.74, 6) is 1.51. The molecule has 2 N–H and O–H groups in total. The second-order valence-electron chi connectivity index (χ2n) is 4.52. The fraction of sp³-hybridized carbons (Fsp3) is 0.538. The molecule has 0 radical (unpaired) electrons. The standard InChI is InChI=1S/C13H19NO/c1-10(15)8-14-9-12-7-13(12)11-5-3-2-4-6-11/h2-6,10,12-15H,7-9H2,1H3/t10-,12?,13?/m1/s1. The number of hydrogen-bond donors (Lipinski definition) is 2. The van der Waals surface area contributed by atoms with Crippen LogP contribution in [-0.2, 0) is 0 Å². The molecule has 2 heteroatoms. The maximum Gasteiger partial charge on any atom is 0.0636 e. The van der Waals surface area contributed by atoms with Crippen LogP contribution in [0.2, 0.25) is 0 Å². The van der Waals surface area contributed by atoms with Crippen molar-refractivity contribution in [1.82, 2.24) is 5.32 Å². The normalized spacial score (nSPS) is 26.3. The number of aliphatic hydroxyl groups excluding tert-OH is 1. The SMILES string of the molecule is C[C@@H](O)CNCC1CC1c1ccccc1. The zero-order valence-electron chi connectivity index (χ0n) is 9.19. The topological polar surface area (TPSA) is 32.3 Å². The van der Waals surface area contributed by atoms with Crippen LogP contribution in [0.3, 0.4) is 0 Å². The Morgan fingerprint density at radius 2 is 2.13 bits per heavy atom. The van der Waals surface area contributed by atoms with Gasteiger partial charge in [-0.15, -0.1) is 0 Å². The van der Waals surface area contributed by atoms with E-state index in [1.54, 1.807) is 0 Å². The lowest BCUT2D eigenvalue weighted by atomic mass is 10.1. The molecule has 1 saturated carbocycles. The van der Waals surface area contributed by atoms with Crippen molar-refractivity contribution in [3.63, 3.8) is 0 Å². The minimum atomic E-state index is -0.237. The van der Waals surface area contributed by atoms with Crippen molar-refractivity contribution in [1.29, 1.82) is 0 Å². The Kier molecular flexibility index (Phi) is 3.39. The molecular weight excluding hydrogens is 186 g/mol. The highest BCUT2D eigenvalue weighted by Gasteiger charge is 2.37. The van der Waals surface area contributed by atoms with Crippen LogP contribution in [-0.4, -0.2) is 24.3 Å². The molecule has 2 rings (SSSR count). The highest BCUT2D eigenvalue weighted by atomic mass is 16.3. The molecule has 0 spiro atoms. The lowest BCUT2D eigenvalue weighted by Crippen LogP contribution is -2.26. The predicted octanol–water partition coefficient (Wildman–Crippen LogP) is 1.76. The summed E-state index contributed by atoms with van der Waals surface area (Å²) in [7, 11) is 0. The van der Waals surface area contributed by atoms with Crippen molar-refractivity contribution in [2.75, 3.05) is 13.1 Å². The van der Waals surface area contributed by atoms with Crippen LogP contribution < -0.4 is 5.32 Å². The second-order valence-corrected chi connectivity index (χ2v) is 4.52. The third-order valence-corrected chi connectivity index (χ3v) is 3.00. The first-order valence-corrected chi connectivity index (χ1v) is 5.71. The number of benzene rings is 1. The van der Waals surface area contributed by atoms with Crippen molar-refractivity contribution in [3.8, 4) is 0 Å². The van der Waals surface area contributed by atoms with E-state index in [4.69, 9.17) is 5.11 Å². The van der Waals surface area contributed by atoms with Crippen molar-refractivity contribution in [3.05, 3.63) is 35.9 Å². The monoisotopic (exact) mass is 205 g/mol. The Labute approximate surface area is 91.3 Å². The van der Waals surface area contributed by atoms with E-state index in [1.165, 1.54) is 12.0 Å². The maximum atomic E-state index is 9.11. The summed E-state index contributed by atoms with van der Waals surface area (Å²) in [4.78, 5) is 0. The Morgan fingerprint density at radius 1 is 1.40 bits per heavy atom. The maximum absolute atomic E-state index is 9.11. The molecule has 0 aromatic heterocycles. The third kappa shape index (κ3) is 3.05. The minimum Gasteiger partial charge on any atom is -0.392 e. The minimum absolute atomic E-state index is 0.237.